The highest BCUT2D eigenvalue weighted by Gasteiger charge is 2.28. The molecule has 4 heteroatoms. The van der Waals surface area contributed by atoms with Gasteiger partial charge in [-0.05, 0) is 74.9 Å². The van der Waals surface area contributed by atoms with Crippen LogP contribution in [0, 0.1) is 11.8 Å². The maximum absolute atomic E-state index is 6.57. The van der Waals surface area contributed by atoms with Gasteiger partial charge in [-0.1, -0.05) is 146 Å². The highest BCUT2D eigenvalue weighted by molar-refractivity contribution is 6.12. The van der Waals surface area contributed by atoms with E-state index in [-0.39, 0.29) is 5.92 Å². The van der Waals surface area contributed by atoms with E-state index < -0.39 is 0 Å². The summed E-state index contributed by atoms with van der Waals surface area (Å²) in [5.74, 6) is 2.88. The van der Waals surface area contributed by atoms with Crippen molar-refractivity contribution in [1.82, 2.24) is 15.0 Å². The topological polar surface area (TPSA) is 51.8 Å². The van der Waals surface area contributed by atoms with E-state index in [9.17, 15) is 0 Å². The van der Waals surface area contributed by atoms with Gasteiger partial charge in [0.25, 0.3) is 0 Å². The number of nitrogens with zero attached hydrogens (tertiary/aromatic N) is 3. The lowest BCUT2D eigenvalue weighted by atomic mass is 9.76. The standard InChI is InChI=1S/C49H33N3O/c1-3-11-33-26-35(19-16-30(33)8-1)36-22-25-42-45(29-36)53-44-15-7-14-43(46(42)44)49-51-47(38-21-17-31-9-2-4-12-34(31)27-38)50-48(52-49)39-23-24-41-37(28-39)20-18-32-10-5-6-13-40(32)41/h1-26,28-29,34,37,41H,27H2. The molecule has 2 aromatic heterocycles. The minimum atomic E-state index is 0.227. The lowest BCUT2D eigenvalue weighted by Gasteiger charge is -2.28. The van der Waals surface area contributed by atoms with E-state index in [0.717, 1.165) is 56.2 Å². The molecule has 11 rings (SSSR count). The average molecular weight is 680 g/mol. The Hall–Kier alpha value is -6.65. The zero-order valence-corrected chi connectivity index (χ0v) is 28.9. The second-order valence-electron chi connectivity index (χ2n) is 14.3. The van der Waals surface area contributed by atoms with E-state index in [1.165, 1.54) is 27.5 Å². The van der Waals surface area contributed by atoms with Crippen molar-refractivity contribution >= 4 is 49.9 Å². The normalized spacial score (nSPS) is 19.8. The minimum absolute atomic E-state index is 0.227. The Morgan fingerprint density at radius 2 is 1.45 bits per heavy atom. The largest absolute Gasteiger partial charge is 0.456 e. The number of benzene rings is 5. The van der Waals surface area contributed by atoms with Gasteiger partial charge in [-0.2, -0.15) is 0 Å². The Morgan fingerprint density at radius 1 is 0.604 bits per heavy atom. The third-order valence-corrected chi connectivity index (χ3v) is 11.2. The number of furan rings is 1. The zero-order valence-electron chi connectivity index (χ0n) is 28.9. The third-order valence-electron chi connectivity index (χ3n) is 11.2. The Balaban J connectivity index is 1.05. The van der Waals surface area contributed by atoms with Gasteiger partial charge in [0.05, 0.1) is 0 Å². The highest BCUT2D eigenvalue weighted by Crippen LogP contribution is 2.42. The molecule has 3 unspecified atom stereocenters. The lowest BCUT2D eigenvalue weighted by molar-refractivity contribution is 0.669. The summed E-state index contributed by atoms with van der Waals surface area (Å²) in [7, 11) is 0. The predicted octanol–water partition coefficient (Wildman–Crippen LogP) is 12.1. The van der Waals surface area contributed by atoms with Gasteiger partial charge in [0.1, 0.15) is 11.2 Å². The molecule has 0 fully saturated rings. The smallest absolute Gasteiger partial charge is 0.164 e. The van der Waals surface area contributed by atoms with Gasteiger partial charge < -0.3 is 4.42 Å². The van der Waals surface area contributed by atoms with Gasteiger partial charge in [0.2, 0.25) is 0 Å². The van der Waals surface area contributed by atoms with Crippen molar-refractivity contribution in [2.45, 2.75) is 12.3 Å². The molecule has 3 atom stereocenters. The second kappa shape index (κ2) is 12.0. The molecule has 2 heterocycles. The molecule has 0 radical (unpaired) electrons. The molecule has 5 aromatic carbocycles. The lowest BCUT2D eigenvalue weighted by Crippen LogP contribution is -2.15. The number of hydrogen-bond acceptors (Lipinski definition) is 4. The van der Waals surface area contributed by atoms with Crippen LogP contribution in [0.25, 0.3) is 72.4 Å². The van der Waals surface area contributed by atoms with Crippen molar-refractivity contribution in [2.24, 2.45) is 11.8 Å². The number of aromatic nitrogens is 3. The first-order valence-corrected chi connectivity index (χ1v) is 18.4. The quantitative estimate of drug-likeness (QED) is 0.186. The van der Waals surface area contributed by atoms with E-state index in [1.54, 1.807) is 0 Å². The average Bonchev–Trinajstić information content (AvgIpc) is 3.61. The summed E-state index contributed by atoms with van der Waals surface area (Å²) in [5.41, 5.74) is 10.9. The van der Waals surface area contributed by atoms with Crippen LogP contribution >= 0.6 is 0 Å². The summed E-state index contributed by atoms with van der Waals surface area (Å²) in [5, 5.41) is 4.50. The van der Waals surface area contributed by atoms with Crippen LogP contribution in [0.15, 0.2) is 174 Å². The Morgan fingerprint density at radius 3 is 2.43 bits per heavy atom. The number of rotatable bonds is 4. The molecule has 4 nitrogen and oxygen atoms in total. The van der Waals surface area contributed by atoms with Crippen LogP contribution in [0.3, 0.4) is 0 Å². The van der Waals surface area contributed by atoms with Gasteiger partial charge in [-0.25, -0.2) is 15.0 Å². The molecule has 0 N–H and O–H groups in total. The molecule has 0 saturated heterocycles. The minimum Gasteiger partial charge on any atom is -0.456 e. The molecule has 0 spiro atoms. The molecule has 4 aliphatic rings. The molecular weight excluding hydrogens is 647 g/mol. The monoisotopic (exact) mass is 679 g/mol. The molecule has 4 aliphatic carbocycles. The van der Waals surface area contributed by atoms with Crippen molar-refractivity contribution in [2.75, 3.05) is 0 Å². The predicted molar refractivity (Wildman–Crippen MR) is 217 cm³/mol. The summed E-state index contributed by atoms with van der Waals surface area (Å²) in [4.78, 5) is 15.7. The molecular formula is C49H33N3O. The van der Waals surface area contributed by atoms with Crippen molar-refractivity contribution in [3.05, 3.63) is 192 Å². The van der Waals surface area contributed by atoms with Crippen LogP contribution in [-0.2, 0) is 0 Å². The fourth-order valence-corrected chi connectivity index (χ4v) is 8.48. The first kappa shape index (κ1) is 30.0. The van der Waals surface area contributed by atoms with Crippen LogP contribution in [0.4, 0.5) is 0 Å². The first-order chi connectivity index (χ1) is 26.2. The third kappa shape index (κ3) is 5.09. The van der Waals surface area contributed by atoms with Crippen molar-refractivity contribution in [3.63, 3.8) is 0 Å². The van der Waals surface area contributed by atoms with Crippen LogP contribution < -0.4 is 0 Å². The van der Waals surface area contributed by atoms with Crippen molar-refractivity contribution < 1.29 is 4.42 Å². The molecule has 53 heavy (non-hydrogen) atoms. The summed E-state index contributed by atoms with van der Waals surface area (Å²) in [6, 6.07) is 36.5. The van der Waals surface area contributed by atoms with Crippen LogP contribution in [0.2, 0.25) is 0 Å². The maximum atomic E-state index is 6.57. The van der Waals surface area contributed by atoms with Crippen LogP contribution in [0.5, 0.6) is 0 Å². The molecule has 7 aromatic rings. The van der Waals surface area contributed by atoms with Gasteiger partial charge >= 0.3 is 0 Å². The number of allylic oxidation sites excluding steroid dienone is 13. The zero-order chi connectivity index (χ0) is 34.9. The molecule has 0 amide bonds. The fraction of sp³-hybridized carbons (Fsp3) is 0.0816. The number of hydrogen-bond donors (Lipinski definition) is 0. The van der Waals surface area contributed by atoms with Gasteiger partial charge in [0, 0.05) is 39.7 Å². The second-order valence-corrected chi connectivity index (χ2v) is 14.3. The van der Waals surface area contributed by atoms with E-state index in [0.29, 0.717) is 29.3 Å². The van der Waals surface area contributed by atoms with E-state index >= 15 is 0 Å². The summed E-state index contributed by atoms with van der Waals surface area (Å²) >= 11 is 0. The van der Waals surface area contributed by atoms with E-state index in [1.807, 2.05) is 12.1 Å². The van der Waals surface area contributed by atoms with Gasteiger partial charge in [-0.3, -0.25) is 0 Å². The van der Waals surface area contributed by atoms with Crippen molar-refractivity contribution in [1.29, 1.82) is 0 Å². The SMILES string of the molecule is C1=CC2=CC=C(c3nc(C4=CC5C=Cc6ccccc6C5C=C4)nc(-c4cccc5oc6cc(-c7ccc8ccccc8c7)ccc6c45)n3)CC2C=C1. The van der Waals surface area contributed by atoms with Crippen LogP contribution in [-0.4, -0.2) is 15.0 Å². The first-order valence-electron chi connectivity index (χ1n) is 18.4. The molecule has 250 valence electrons. The Bertz CT molecular complexity index is 2890. The summed E-state index contributed by atoms with van der Waals surface area (Å²) in [6.45, 7) is 0. The van der Waals surface area contributed by atoms with E-state index in [4.69, 9.17) is 19.4 Å². The van der Waals surface area contributed by atoms with Crippen LogP contribution in [0.1, 0.15) is 35.1 Å². The van der Waals surface area contributed by atoms with Gasteiger partial charge in [0.15, 0.2) is 17.5 Å². The number of fused-ring (bicyclic) bond motifs is 8. The van der Waals surface area contributed by atoms with E-state index in [2.05, 4.69) is 158 Å². The Kier molecular flexibility index (Phi) is 6.78. The van der Waals surface area contributed by atoms with Crippen molar-refractivity contribution in [3.8, 4) is 22.5 Å². The Labute approximate surface area is 307 Å². The van der Waals surface area contributed by atoms with Gasteiger partial charge in [-0.15, -0.1) is 0 Å². The fourth-order valence-electron chi connectivity index (χ4n) is 8.48. The summed E-state index contributed by atoms with van der Waals surface area (Å²) in [6.07, 6.45) is 25.3. The molecule has 0 bridgehead atoms. The molecule has 0 aliphatic heterocycles. The molecule has 0 saturated carbocycles. The summed E-state index contributed by atoms with van der Waals surface area (Å²) < 4.78 is 6.57. The highest BCUT2D eigenvalue weighted by atomic mass is 16.3. The maximum Gasteiger partial charge on any atom is 0.164 e.